The third kappa shape index (κ3) is 2.02. The predicted octanol–water partition coefficient (Wildman–Crippen LogP) is 1.98. The third-order valence-electron chi connectivity index (χ3n) is 1.62. The smallest absolute Gasteiger partial charge is 0.268 e. The van der Waals surface area contributed by atoms with Gasteiger partial charge >= 0.3 is 0 Å². The van der Waals surface area contributed by atoms with E-state index in [1.807, 2.05) is 0 Å². The predicted molar refractivity (Wildman–Crippen MR) is 45.8 cm³/mol. The van der Waals surface area contributed by atoms with Crippen LogP contribution in [-0.4, -0.2) is 15.3 Å². The van der Waals surface area contributed by atoms with Crippen LogP contribution in [0, 0.1) is 11.3 Å². The van der Waals surface area contributed by atoms with E-state index in [1.165, 1.54) is 6.07 Å². The summed E-state index contributed by atoms with van der Waals surface area (Å²) in [6.45, 7) is 0. The number of carbonyl (C=O) groups excluding carboxylic acids is 1. The van der Waals surface area contributed by atoms with Gasteiger partial charge < -0.3 is 5.11 Å². The van der Waals surface area contributed by atoms with E-state index in [0.29, 0.717) is 6.20 Å². The van der Waals surface area contributed by atoms with Crippen molar-refractivity contribution in [1.29, 1.82) is 5.26 Å². The van der Waals surface area contributed by atoms with E-state index in [9.17, 15) is 13.6 Å². The minimum Gasteiger partial charge on any atom is -0.506 e. The Labute approximate surface area is 87.7 Å². The largest absolute Gasteiger partial charge is 0.506 e. The van der Waals surface area contributed by atoms with E-state index < -0.39 is 34.2 Å². The second-order valence-corrected chi connectivity index (χ2v) is 2.81. The second-order valence-electron chi connectivity index (χ2n) is 2.47. The Balaban J connectivity index is 3.60. The number of carbonyl (C=O) groups is 1. The molecule has 0 radical (unpaired) electrons. The second kappa shape index (κ2) is 4.19. The van der Waals surface area contributed by atoms with E-state index >= 15 is 0 Å². The summed E-state index contributed by atoms with van der Waals surface area (Å²) in [5.41, 5.74) is -2.26. The molecule has 0 aromatic carbocycles. The highest BCUT2D eigenvalue weighted by Gasteiger charge is 2.25. The molecule has 0 unspecified atom stereocenters. The van der Waals surface area contributed by atoms with Gasteiger partial charge in [-0.15, -0.1) is 0 Å². The maximum absolute atomic E-state index is 12.5. The Morgan fingerprint density at radius 1 is 1.67 bits per heavy atom. The van der Waals surface area contributed by atoms with Crippen LogP contribution in [0.5, 0.6) is 5.75 Å². The summed E-state index contributed by atoms with van der Waals surface area (Å²) in [4.78, 5) is 14.1. The Hall–Kier alpha value is -1.74. The van der Waals surface area contributed by atoms with Crippen LogP contribution >= 0.6 is 11.6 Å². The van der Waals surface area contributed by atoms with E-state index in [-0.39, 0.29) is 0 Å². The van der Waals surface area contributed by atoms with Gasteiger partial charge in [-0.2, -0.15) is 5.26 Å². The van der Waals surface area contributed by atoms with Gasteiger partial charge in [0.2, 0.25) is 0 Å². The van der Waals surface area contributed by atoms with Crippen molar-refractivity contribution in [2.45, 2.75) is 6.43 Å². The molecular formula is C8H3ClF2N2O2. The lowest BCUT2D eigenvalue weighted by Crippen LogP contribution is -2.04. The number of nitriles is 1. The summed E-state index contributed by atoms with van der Waals surface area (Å²) >= 11 is 5.03. The van der Waals surface area contributed by atoms with Crippen LogP contribution in [0.25, 0.3) is 0 Å². The molecule has 0 aliphatic heterocycles. The molecule has 0 fully saturated rings. The zero-order valence-corrected chi connectivity index (χ0v) is 7.79. The molecule has 1 rings (SSSR count). The monoisotopic (exact) mass is 232 g/mol. The highest BCUT2D eigenvalue weighted by atomic mass is 35.5. The molecule has 1 N–H and O–H groups in total. The molecule has 0 amide bonds. The van der Waals surface area contributed by atoms with Gasteiger partial charge in [-0.3, -0.25) is 4.79 Å². The van der Waals surface area contributed by atoms with Crippen molar-refractivity contribution in [3.8, 4) is 11.8 Å². The number of pyridine rings is 1. The van der Waals surface area contributed by atoms with Gasteiger partial charge in [0.25, 0.3) is 11.7 Å². The SMILES string of the molecule is N#Cc1ncc(O)c(C(F)F)c1C(=O)Cl. The van der Waals surface area contributed by atoms with Gasteiger partial charge in [-0.25, -0.2) is 13.8 Å². The van der Waals surface area contributed by atoms with Crippen LogP contribution in [0.2, 0.25) is 0 Å². The molecule has 15 heavy (non-hydrogen) atoms. The molecule has 1 aromatic heterocycles. The number of halogens is 3. The van der Waals surface area contributed by atoms with Crippen molar-refractivity contribution in [2.24, 2.45) is 0 Å². The fourth-order valence-electron chi connectivity index (χ4n) is 1.02. The topological polar surface area (TPSA) is 74.0 Å². The molecule has 0 aliphatic rings. The first-order valence-corrected chi connectivity index (χ1v) is 3.96. The Morgan fingerprint density at radius 3 is 2.67 bits per heavy atom. The Bertz CT molecular complexity index is 457. The van der Waals surface area contributed by atoms with Crippen molar-refractivity contribution in [2.75, 3.05) is 0 Å². The zero-order chi connectivity index (χ0) is 11.6. The molecule has 1 aromatic rings. The molecule has 0 atom stereocenters. The van der Waals surface area contributed by atoms with Crippen molar-refractivity contribution in [3.05, 3.63) is 23.0 Å². The number of hydrogen-bond acceptors (Lipinski definition) is 4. The van der Waals surface area contributed by atoms with Gasteiger partial charge in [0.05, 0.1) is 17.3 Å². The minimum atomic E-state index is -3.11. The first-order chi connectivity index (χ1) is 6.99. The number of hydrogen-bond donors (Lipinski definition) is 1. The van der Waals surface area contributed by atoms with E-state index in [1.54, 1.807) is 0 Å². The normalized spacial score (nSPS) is 10.1. The van der Waals surface area contributed by atoms with Gasteiger partial charge in [0.1, 0.15) is 11.8 Å². The molecule has 0 spiro atoms. The van der Waals surface area contributed by atoms with Gasteiger partial charge in [0.15, 0.2) is 5.69 Å². The average Bonchev–Trinajstić information content (AvgIpc) is 2.16. The van der Waals surface area contributed by atoms with Gasteiger partial charge in [0, 0.05) is 0 Å². The van der Waals surface area contributed by atoms with E-state index in [2.05, 4.69) is 4.98 Å². The molecule has 78 valence electrons. The molecule has 7 heteroatoms. The maximum atomic E-state index is 12.5. The minimum absolute atomic E-state index is 0.539. The van der Waals surface area contributed by atoms with Crippen LogP contribution in [0.1, 0.15) is 28.0 Å². The number of rotatable bonds is 2. The molecule has 0 aliphatic carbocycles. The summed E-state index contributed by atoms with van der Waals surface area (Å²) in [6.07, 6.45) is -2.44. The average molecular weight is 233 g/mol. The van der Waals surface area contributed by atoms with Crippen molar-refractivity contribution < 1.29 is 18.7 Å². The van der Waals surface area contributed by atoms with Crippen molar-refractivity contribution in [3.63, 3.8) is 0 Å². The highest BCUT2D eigenvalue weighted by molar-refractivity contribution is 6.68. The number of aromatic nitrogens is 1. The fraction of sp³-hybridized carbons (Fsp3) is 0.125. The summed E-state index contributed by atoms with van der Waals surface area (Å²) in [5.74, 6) is -0.868. The molecule has 0 bridgehead atoms. The van der Waals surface area contributed by atoms with Crippen LogP contribution in [-0.2, 0) is 0 Å². The standard InChI is InChI=1S/C8H3ClF2N2O2/c9-7(15)5-3(1-12)13-2-4(14)6(5)8(10)11/h2,8,14H. The van der Waals surface area contributed by atoms with Crippen LogP contribution in [0.4, 0.5) is 8.78 Å². The first-order valence-electron chi connectivity index (χ1n) is 3.59. The van der Waals surface area contributed by atoms with Crippen LogP contribution < -0.4 is 0 Å². The summed E-state index contributed by atoms with van der Waals surface area (Å²) in [7, 11) is 0. The number of aromatic hydroxyl groups is 1. The molecular weight excluding hydrogens is 230 g/mol. The van der Waals surface area contributed by atoms with Crippen molar-refractivity contribution >= 4 is 16.8 Å². The lowest BCUT2D eigenvalue weighted by molar-refractivity contribution is 0.106. The summed E-state index contributed by atoms with van der Waals surface area (Å²) in [5, 5.41) is 16.3. The van der Waals surface area contributed by atoms with Gasteiger partial charge in [-0.1, -0.05) is 0 Å². The number of alkyl halides is 2. The van der Waals surface area contributed by atoms with Gasteiger partial charge in [-0.05, 0) is 11.6 Å². The first kappa shape index (κ1) is 11.3. The fourth-order valence-corrected chi connectivity index (χ4v) is 1.21. The third-order valence-corrected chi connectivity index (χ3v) is 1.81. The summed E-state index contributed by atoms with van der Waals surface area (Å²) < 4.78 is 24.9. The lowest BCUT2D eigenvalue weighted by Gasteiger charge is -2.07. The van der Waals surface area contributed by atoms with E-state index in [0.717, 1.165) is 0 Å². The van der Waals surface area contributed by atoms with Crippen LogP contribution in [0.3, 0.4) is 0 Å². The Kier molecular flexibility index (Phi) is 3.17. The molecule has 1 heterocycles. The van der Waals surface area contributed by atoms with Crippen molar-refractivity contribution in [1.82, 2.24) is 4.98 Å². The highest BCUT2D eigenvalue weighted by Crippen LogP contribution is 2.32. The maximum Gasteiger partial charge on any atom is 0.268 e. The summed E-state index contributed by atoms with van der Waals surface area (Å²) in [6, 6.07) is 1.44. The van der Waals surface area contributed by atoms with E-state index in [4.69, 9.17) is 22.0 Å². The lowest BCUT2D eigenvalue weighted by atomic mass is 10.1. The Morgan fingerprint density at radius 2 is 2.27 bits per heavy atom. The zero-order valence-electron chi connectivity index (χ0n) is 7.04. The quantitative estimate of drug-likeness (QED) is 0.791. The molecule has 0 saturated heterocycles. The molecule has 4 nitrogen and oxygen atoms in total. The number of nitrogens with zero attached hydrogens (tertiary/aromatic N) is 2. The van der Waals surface area contributed by atoms with Crippen LogP contribution in [0.15, 0.2) is 6.20 Å². The molecule has 0 saturated carbocycles.